The molecule has 0 bridgehead atoms. The van der Waals surface area contributed by atoms with Gasteiger partial charge in [0.15, 0.2) is 0 Å². The predicted molar refractivity (Wildman–Crippen MR) is 94.9 cm³/mol. The summed E-state index contributed by atoms with van der Waals surface area (Å²) >= 11 is 0. The van der Waals surface area contributed by atoms with Crippen LogP contribution in [0, 0.1) is 6.92 Å². The molecule has 0 saturated carbocycles. The summed E-state index contributed by atoms with van der Waals surface area (Å²) < 4.78 is 5.14. The van der Waals surface area contributed by atoms with Crippen LogP contribution >= 0.6 is 0 Å². The van der Waals surface area contributed by atoms with Gasteiger partial charge in [-0.1, -0.05) is 19.1 Å². The number of methoxy groups -OCH3 is 1. The molecule has 0 aliphatic rings. The van der Waals surface area contributed by atoms with Crippen molar-refractivity contribution in [2.45, 2.75) is 39.2 Å². The van der Waals surface area contributed by atoms with Crippen molar-refractivity contribution in [2.24, 2.45) is 0 Å². The van der Waals surface area contributed by atoms with Crippen LogP contribution in [-0.2, 0) is 11.2 Å². The zero-order valence-electron chi connectivity index (χ0n) is 14.6. The standard InChI is InChI=1S/C18H23N3O4/c1-4-15(12-5-7-13(25-3)8-6-12)20-16(22)10-9-14-11(2)19-18(24)21-17(14)23/h5-8,15H,4,9-10H2,1-3H3,(H,20,22)(H2,19,21,23,24)/t15-/m0/s1. The summed E-state index contributed by atoms with van der Waals surface area (Å²) in [7, 11) is 1.61. The number of rotatable bonds is 7. The largest absolute Gasteiger partial charge is 0.497 e. The highest BCUT2D eigenvalue weighted by atomic mass is 16.5. The fraction of sp³-hybridized carbons (Fsp3) is 0.389. The SMILES string of the molecule is CC[C@H](NC(=O)CCc1c(C)[nH]c(=O)[nH]c1=O)c1ccc(OC)cc1. The number of aromatic nitrogens is 2. The molecule has 0 aliphatic heterocycles. The molecule has 134 valence electrons. The number of hydrogen-bond donors (Lipinski definition) is 3. The van der Waals surface area contributed by atoms with Crippen LogP contribution in [0.4, 0.5) is 0 Å². The van der Waals surface area contributed by atoms with E-state index in [1.54, 1.807) is 14.0 Å². The van der Waals surface area contributed by atoms with E-state index in [0.29, 0.717) is 11.3 Å². The molecule has 1 aromatic carbocycles. The molecule has 2 aromatic rings. The summed E-state index contributed by atoms with van der Waals surface area (Å²) in [6, 6.07) is 7.45. The van der Waals surface area contributed by atoms with Gasteiger partial charge in [0, 0.05) is 17.7 Å². The molecule has 7 heteroatoms. The van der Waals surface area contributed by atoms with Crippen LogP contribution in [0.3, 0.4) is 0 Å². The van der Waals surface area contributed by atoms with Gasteiger partial charge in [-0.2, -0.15) is 0 Å². The van der Waals surface area contributed by atoms with Crippen LogP contribution in [0.2, 0.25) is 0 Å². The average Bonchev–Trinajstić information content (AvgIpc) is 2.59. The molecule has 3 N–H and O–H groups in total. The number of nitrogens with one attached hydrogen (secondary N) is 3. The van der Waals surface area contributed by atoms with Crippen molar-refractivity contribution in [2.75, 3.05) is 7.11 Å². The fourth-order valence-corrected chi connectivity index (χ4v) is 2.69. The molecule has 25 heavy (non-hydrogen) atoms. The van der Waals surface area contributed by atoms with E-state index < -0.39 is 11.2 Å². The van der Waals surface area contributed by atoms with Gasteiger partial charge in [-0.25, -0.2) is 4.79 Å². The first-order valence-electron chi connectivity index (χ1n) is 8.20. The summed E-state index contributed by atoms with van der Waals surface area (Å²) in [6.07, 6.45) is 1.18. The highest BCUT2D eigenvalue weighted by Crippen LogP contribution is 2.20. The molecular weight excluding hydrogens is 322 g/mol. The second kappa shape index (κ2) is 8.32. The van der Waals surface area contributed by atoms with Crippen LogP contribution in [0.1, 0.15) is 42.6 Å². The third-order valence-corrected chi connectivity index (χ3v) is 4.12. The smallest absolute Gasteiger partial charge is 0.325 e. The van der Waals surface area contributed by atoms with Gasteiger partial charge >= 0.3 is 5.69 Å². The lowest BCUT2D eigenvalue weighted by Gasteiger charge is -2.18. The molecule has 1 heterocycles. The van der Waals surface area contributed by atoms with Crippen LogP contribution in [0.5, 0.6) is 5.75 Å². The Balaban J connectivity index is 2.00. The third kappa shape index (κ3) is 4.82. The molecule has 1 aromatic heterocycles. The van der Waals surface area contributed by atoms with Crippen molar-refractivity contribution in [1.29, 1.82) is 0 Å². The van der Waals surface area contributed by atoms with Crippen molar-refractivity contribution < 1.29 is 9.53 Å². The van der Waals surface area contributed by atoms with Gasteiger partial charge in [0.1, 0.15) is 5.75 Å². The first-order chi connectivity index (χ1) is 11.9. The first kappa shape index (κ1) is 18.5. The quantitative estimate of drug-likeness (QED) is 0.708. The fourth-order valence-electron chi connectivity index (χ4n) is 2.69. The van der Waals surface area contributed by atoms with Gasteiger partial charge in [-0.3, -0.25) is 14.6 Å². The number of aryl methyl sites for hydroxylation is 1. The van der Waals surface area contributed by atoms with Crippen LogP contribution in [-0.4, -0.2) is 23.0 Å². The minimum absolute atomic E-state index is 0.103. The number of carbonyl (C=O) groups excluding carboxylic acids is 1. The maximum Gasteiger partial charge on any atom is 0.325 e. The van der Waals surface area contributed by atoms with E-state index >= 15 is 0 Å². The summed E-state index contributed by atoms with van der Waals surface area (Å²) in [5.74, 6) is 0.616. The number of hydrogen-bond acceptors (Lipinski definition) is 4. The van der Waals surface area contributed by atoms with E-state index in [0.717, 1.165) is 17.7 Å². The second-order valence-corrected chi connectivity index (χ2v) is 5.81. The molecule has 1 amide bonds. The van der Waals surface area contributed by atoms with Crippen molar-refractivity contribution in [1.82, 2.24) is 15.3 Å². The van der Waals surface area contributed by atoms with E-state index in [4.69, 9.17) is 4.74 Å². The maximum atomic E-state index is 12.3. The van der Waals surface area contributed by atoms with Crippen LogP contribution < -0.4 is 21.3 Å². The lowest BCUT2D eigenvalue weighted by Crippen LogP contribution is -2.30. The first-order valence-corrected chi connectivity index (χ1v) is 8.20. The van der Waals surface area contributed by atoms with Gasteiger partial charge in [-0.15, -0.1) is 0 Å². The predicted octanol–water partition coefficient (Wildman–Crippen LogP) is 1.58. The Morgan fingerprint density at radius 1 is 1.20 bits per heavy atom. The minimum Gasteiger partial charge on any atom is -0.497 e. The molecule has 7 nitrogen and oxygen atoms in total. The number of carbonyl (C=O) groups is 1. The van der Waals surface area contributed by atoms with E-state index in [9.17, 15) is 14.4 Å². The van der Waals surface area contributed by atoms with Gasteiger partial charge in [-0.05, 0) is 37.5 Å². The Morgan fingerprint density at radius 3 is 2.44 bits per heavy atom. The molecule has 0 fully saturated rings. The second-order valence-electron chi connectivity index (χ2n) is 5.81. The maximum absolute atomic E-state index is 12.3. The molecule has 0 unspecified atom stereocenters. The molecule has 0 saturated heterocycles. The number of aromatic amines is 2. The summed E-state index contributed by atoms with van der Waals surface area (Å²) in [5.41, 5.74) is 0.920. The van der Waals surface area contributed by atoms with Gasteiger partial charge in [0.25, 0.3) is 5.56 Å². The summed E-state index contributed by atoms with van der Waals surface area (Å²) in [5, 5.41) is 2.98. The Labute approximate surface area is 145 Å². The molecule has 2 rings (SSSR count). The molecule has 0 spiro atoms. The van der Waals surface area contributed by atoms with E-state index in [1.165, 1.54) is 0 Å². The van der Waals surface area contributed by atoms with Gasteiger partial charge in [0.05, 0.1) is 13.2 Å². The lowest BCUT2D eigenvalue weighted by atomic mass is 10.0. The summed E-state index contributed by atoms with van der Waals surface area (Å²) in [4.78, 5) is 40.0. The van der Waals surface area contributed by atoms with E-state index in [-0.39, 0.29) is 24.8 Å². The number of H-pyrrole nitrogens is 2. The van der Waals surface area contributed by atoms with Crippen molar-refractivity contribution in [3.05, 3.63) is 61.9 Å². The van der Waals surface area contributed by atoms with Crippen LogP contribution in [0.15, 0.2) is 33.9 Å². The monoisotopic (exact) mass is 345 g/mol. The summed E-state index contributed by atoms with van der Waals surface area (Å²) in [6.45, 7) is 3.64. The average molecular weight is 345 g/mol. The Morgan fingerprint density at radius 2 is 1.88 bits per heavy atom. The van der Waals surface area contributed by atoms with E-state index in [2.05, 4.69) is 15.3 Å². The number of ether oxygens (including phenoxy) is 1. The third-order valence-electron chi connectivity index (χ3n) is 4.12. The Bertz CT molecular complexity index is 837. The minimum atomic E-state index is -0.541. The lowest BCUT2D eigenvalue weighted by molar-refractivity contribution is -0.121. The molecule has 0 aliphatic carbocycles. The number of amides is 1. The Hall–Kier alpha value is -2.83. The Kier molecular flexibility index (Phi) is 6.16. The zero-order valence-corrected chi connectivity index (χ0v) is 14.6. The number of benzene rings is 1. The zero-order chi connectivity index (χ0) is 18.4. The topological polar surface area (TPSA) is 104 Å². The normalized spacial score (nSPS) is 11.8. The highest BCUT2D eigenvalue weighted by molar-refractivity contribution is 5.76. The van der Waals surface area contributed by atoms with E-state index in [1.807, 2.05) is 31.2 Å². The van der Waals surface area contributed by atoms with Crippen molar-refractivity contribution in [3.63, 3.8) is 0 Å². The van der Waals surface area contributed by atoms with Crippen molar-refractivity contribution >= 4 is 5.91 Å². The van der Waals surface area contributed by atoms with Gasteiger partial charge in [0.2, 0.25) is 5.91 Å². The highest BCUT2D eigenvalue weighted by Gasteiger charge is 2.14. The van der Waals surface area contributed by atoms with Crippen LogP contribution in [0.25, 0.3) is 0 Å². The molecular formula is C18H23N3O4. The molecule has 1 atom stereocenters. The molecule has 0 radical (unpaired) electrons. The van der Waals surface area contributed by atoms with Crippen molar-refractivity contribution in [3.8, 4) is 5.75 Å². The van der Waals surface area contributed by atoms with Gasteiger partial charge < -0.3 is 15.0 Å².